The summed E-state index contributed by atoms with van der Waals surface area (Å²) in [4.78, 5) is 2.45. The highest BCUT2D eigenvalue weighted by atomic mass is 16.3. The first-order valence-corrected chi connectivity index (χ1v) is 19.8. The molecule has 0 atom stereocenters. The van der Waals surface area contributed by atoms with Gasteiger partial charge in [0.05, 0.1) is 22.4 Å². The predicted octanol–water partition coefficient (Wildman–Crippen LogP) is 16.0. The van der Waals surface area contributed by atoms with Crippen molar-refractivity contribution in [3.8, 4) is 44.5 Å². The molecule has 0 N–H and O–H groups in total. The molecular formula is C56H37NO. The summed E-state index contributed by atoms with van der Waals surface area (Å²) in [6.07, 6.45) is 0. The lowest BCUT2D eigenvalue weighted by Crippen LogP contribution is -2.12. The molecule has 0 saturated heterocycles. The average molecular weight is 740 g/mol. The van der Waals surface area contributed by atoms with Crippen molar-refractivity contribution in [2.75, 3.05) is 4.90 Å². The SMILES string of the molecule is c1ccc(-c2ccc(-c3ccccc3N(c3cccc4ccccc34)c3cccc4oc5c6ccccc6c(-c6ccccc6-c6ccccc6)cc5c34)cc2)cc1. The monoisotopic (exact) mass is 739 g/mol. The zero-order chi connectivity index (χ0) is 38.4. The highest BCUT2D eigenvalue weighted by Crippen LogP contribution is 2.50. The smallest absolute Gasteiger partial charge is 0.143 e. The topological polar surface area (TPSA) is 16.4 Å². The van der Waals surface area contributed by atoms with Crippen molar-refractivity contribution in [1.29, 1.82) is 0 Å². The number of hydrogen-bond acceptors (Lipinski definition) is 2. The fourth-order valence-corrected chi connectivity index (χ4v) is 8.80. The molecule has 1 aromatic heterocycles. The van der Waals surface area contributed by atoms with Crippen molar-refractivity contribution >= 4 is 60.5 Å². The van der Waals surface area contributed by atoms with Gasteiger partial charge in [0.25, 0.3) is 0 Å². The van der Waals surface area contributed by atoms with Gasteiger partial charge in [-0.1, -0.05) is 194 Å². The summed E-state index contributed by atoms with van der Waals surface area (Å²) in [7, 11) is 0. The first-order chi connectivity index (χ1) is 28.8. The van der Waals surface area contributed by atoms with Gasteiger partial charge < -0.3 is 9.32 Å². The van der Waals surface area contributed by atoms with Crippen LogP contribution in [0.25, 0.3) is 88.0 Å². The van der Waals surface area contributed by atoms with Gasteiger partial charge in [-0.25, -0.2) is 0 Å². The molecule has 11 rings (SSSR count). The second kappa shape index (κ2) is 14.1. The van der Waals surface area contributed by atoms with E-state index in [9.17, 15) is 0 Å². The van der Waals surface area contributed by atoms with Crippen LogP contribution in [0.2, 0.25) is 0 Å². The predicted molar refractivity (Wildman–Crippen MR) is 245 cm³/mol. The van der Waals surface area contributed by atoms with E-state index in [0.717, 1.165) is 60.9 Å². The van der Waals surface area contributed by atoms with Crippen LogP contribution in [-0.4, -0.2) is 0 Å². The molecule has 0 fully saturated rings. The van der Waals surface area contributed by atoms with E-state index in [2.05, 4.69) is 229 Å². The fourth-order valence-electron chi connectivity index (χ4n) is 8.80. The van der Waals surface area contributed by atoms with Crippen LogP contribution in [-0.2, 0) is 0 Å². The number of para-hydroxylation sites is 1. The molecule has 0 spiro atoms. The minimum atomic E-state index is 0.848. The van der Waals surface area contributed by atoms with Crippen molar-refractivity contribution in [2.45, 2.75) is 0 Å². The summed E-state index contributed by atoms with van der Waals surface area (Å²) in [5.41, 5.74) is 14.4. The van der Waals surface area contributed by atoms with Crippen LogP contribution in [0.15, 0.2) is 229 Å². The minimum absolute atomic E-state index is 0.848. The highest BCUT2D eigenvalue weighted by Gasteiger charge is 2.25. The standard InChI is InChI=1S/C56H37NO/c1-3-17-38(18-4-1)39-33-35-42(36-34-39)45-25-13-14-29-51(45)57(52-30-15-22-41-21-7-8-24-44(41)52)53-31-16-32-54-55(53)50-37-49(47-27-11-12-28-48(47)56(50)58-54)46-26-10-9-23-43(46)40-19-5-2-6-20-40/h1-37H. The summed E-state index contributed by atoms with van der Waals surface area (Å²) in [5.74, 6) is 0. The zero-order valence-corrected chi connectivity index (χ0v) is 31.7. The first-order valence-electron chi connectivity index (χ1n) is 19.8. The maximum absolute atomic E-state index is 6.96. The lowest BCUT2D eigenvalue weighted by Gasteiger charge is -2.29. The average Bonchev–Trinajstić information content (AvgIpc) is 3.69. The molecular weight excluding hydrogens is 703 g/mol. The summed E-state index contributed by atoms with van der Waals surface area (Å²) < 4.78 is 6.96. The number of benzene rings is 10. The number of fused-ring (bicyclic) bond motifs is 6. The third kappa shape index (κ3) is 5.66. The molecule has 0 unspecified atom stereocenters. The van der Waals surface area contributed by atoms with Crippen LogP contribution in [0.1, 0.15) is 0 Å². The Hall–Kier alpha value is -7.68. The van der Waals surface area contributed by atoms with Gasteiger partial charge in [0.1, 0.15) is 11.2 Å². The summed E-state index contributed by atoms with van der Waals surface area (Å²) in [5, 5.41) is 6.77. The van der Waals surface area contributed by atoms with Gasteiger partial charge in [-0.15, -0.1) is 0 Å². The van der Waals surface area contributed by atoms with E-state index in [1.165, 1.54) is 44.2 Å². The van der Waals surface area contributed by atoms with E-state index in [1.54, 1.807) is 0 Å². The van der Waals surface area contributed by atoms with Crippen LogP contribution in [0.4, 0.5) is 17.1 Å². The Morgan fingerprint density at radius 2 is 0.810 bits per heavy atom. The van der Waals surface area contributed by atoms with Gasteiger partial charge in [-0.3, -0.25) is 0 Å². The second-order valence-electron chi connectivity index (χ2n) is 14.8. The number of rotatable bonds is 7. The lowest BCUT2D eigenvalue weighted by atomic mass is 9.90. The number of hydrogen-bond donors (Lipinski definition) is 0. The molecule has 0 radical (unpaired) electrons. The molecule has 11 aromatic rings. The van der Waals surface area contributed by atoms with Crippen molar-refractivity contribution < 1.29 is 4.42 Å². The Balaban J connectivity index is 1.19. The van der Waals surface area contributed by atoms with Crippen LogP contribution >= 0.6 is 0 Å². The molecule has 0 bridgehead atoms. The van der Waals surface area contributed by atoms with Crippen molar-refractivity contribution in [1.82, 2.24) is 0 Å². The van der Waals surface area contributed by atoms with Gasteiger partial charge in [-0.05, 0) is 80.0 Å². The van der Waals surface area contributed by atoms with Gasteiger partial charge in [0, 0.05) is 21.7 Å². The van der Waals surface area contributed by atoms with Crippen LogP contribution in [0.3, 0.4) is 0 Å². The second-order valence-corrected chi connectivity index (χ2v) is 14.8. The molecule has 272 valence electrons. The normalized spacial score (nSPS) is 11.4. The Labute approximate surface area is 337 Å². The maximum atomic E-state index is 6.96. The molecule has 2 nitrogen and oxygen atoms in total. The number of anilines is 3. The van der Waals surface area contributed by atoms with Crippen molar-refractivity contribution in [2.24, 2.45) is 0 Å². The van der Waals surface area contributed by atoms with E-state index in [-0.39, 0.29) is 0 Å². The molecule has 0 saturated carbocycles. The van der Waals surface area contributed by atoms with E-state index < -0.39 is 0 Å². The molecule has 1 heterocycles. The van der Waals surface area contributed by atoms with Crippen molar-refractivity contribution in [3.05, 3.63) is 224 Å². The van der Waals surface area contributed by atoms with E-state index in [0.29, 0.717) is 0 Å². The molecule has 10 aromatic carbocycles. The van der Waals surface area contributed by atoms with Gasteiger partial charge in [0.15, 0.2) is 0 Å². The van der Waals surface area contributed by atoms with E-state index in [1.807, 2.05) is 0 Å². The Kier molecular flexibility index (Phi) is 8.19. The summed E-state index contributed by atoms with van der Waals surface area (Å²) in [6.45, 7) is 0. The van der Waals surface area contributed by atoms with Crippen LogP contribution in [0, 0.1) is 0 Å². The number of nitrogens with zero attached hydrogens (tertiary/aromatic N) is 1. The first kappa shape index (κ1) is 33.6. The highest BCUT2D eigenvalue weighted by molar-refractivity contribution is 6.23. The Morgan fingerprint density at radius 3 is 1.60 bits per heavy atom. The van der Waals surface area contributed by atoms with E-state index >= 15 is 0 Å². The van der Waals surface area contributed by atoms with Crippen LogP contribution < -0.4 is 4.90 Å². The zero-order valence-electron chi connectivity index (χ0n) is 31.7. The van der Waals surface area contributed by atoms with Gasteiger partial charge in [0.2, 0.25) is 0 Å². The molecule has 2 heteroatoms. The molecule has 0 aliphatic rings. The van der Waals surface area contributed by atoms with E-state index in [4.69, 9.17) is 4.42 Å². The quantitative estimate of drug-likeness (QED) is 0.162. The molecule has 0 aliphatic heterocycles. The van der Waals surface area contributed by atoms with Crippen molar-refractivity contribution in [3.63, 3.8) is 0 Å². The third-order valence-electron chi connectivity index (χ3n) is 11.5. The number of furan rings is 1. The summed E-state index contributed by atoms with van der Waals surface area (Å²) >= 11 is 0. The minimum Gasteiger partial charge on any atom is -0.455 e. The Morgan fingerprint density at radius 1 is 0.293 bits per heavy atom. The molecule has 58 heavy (non-hydrogen) atoms. The van der Waals surface area contributed by atoms with Gasteiger partial charge in [-0.2, -0.15) is 0 Å². The largest absolute Gasteiger partial charge is 0.455 e. The molecule has 0 aliphatic carbocycles. The Bertz CT molecular complexity index is 3270. The fraction of sp³-hybridized carbons (Fsp3) is 0. The van der Waals surface area contributed by atoms with Gasteiger partial charge >= 0.3 is 0 Å². The summed E-state index contributed by atoms with van der Waals surface area (Å²) in [6, 6.07) is 80.6. The lowest BCUT2D eigenvalue weighted by molar-refractivity contribution is 0.672. The molecule has 0 amide bonds. The van der Waals surface area contributed by atoms with Crippen LogP contribution in [0.5, 0.6) is 0 Å². The third-order valence-corrected chi connectivity index (χ3v) is 11.5. The maximum Gasteiger partial charge on any atom is 0.143 e.